The summed E-state index contributed by atoms with van der Waals surface area (Å²) in [6.07, 6.45) is 0. The van der Waals surface area contributed by atoms with Crippen molar-refractivity contribution < 1.29 is 4.74 Å². The highest BCUT2D eigenvalue weighted by atomic mass is 16.5. The van der Waals surface area contributed by atoms with Crippen molar-refractivity contribution in [3.8, 4) is 28.3 Å². The minimum Gasteiger partial charge on any atom is -0.497 e. The molecule has 4 rings (SSSR count). The molecule has 0 fully saturated rings. The monoisotopic (exact) mass is 314 g/mol. The van der Waals surface area contributed by atoms with Crippen LogP contribution in [0.3, 0.4) is 0 Å². The van der Waals surface area contributed by atoms with Crippen LogP contribution in [0.25, 0.3) is 33.5 Å². The summed E-state index contributed by atoms with van der Waals surface area (Å²) in [5.74, 6) is 1.83. The maximum Gasteiger partial charge on any atom is 0.141 e. The Labute approximate surface area is 141 Å². The van der Waals surface area contributed by atoms with Crippen LogP contribution in [0, 0.1) is 0 Å². The second-order valence-corrected chi connectivity index (χ2v) is 5.76. The molecule has 118 valence electrons. The van der Waals surface area contributed by atoms with Gasteiger partial charge >= 0.3 is 0 Å². The summed E-state index contributed by atoms with van der Waals surface area (Å²) in [7, 11) is 3.75. The van der Waals surface area contributed by atoms with E-state index in [-0.39, 0.29) is 0 Å². The number of rotatable bonds is 3. The Kier molecular flexibility index (Phi) is 3.54. The van der Waals surface area contributed by atoms with Gasteiger partial charge in [-0.05, 0) is 35.4 Å². The number of para-hydroxylation sites is 2. The summed E-state index contributed by atoms with van der Waals surface area (Å²) in [5.41, 5.74) is 5.59. The lowest BCUT2D eigenvalue weighted by Crippen LogP contribution is -1.94. The second kappa shape index (κ2) is 5.85. The zero-order chi connectivity index (χ0) is 16.5. The van der Waals surface area contributed by atoms with E-state index in [4.69, 9.17) is 9.72 Å². The standard InChI is InChI=1S/C21H18N2O/c1-23-20-10-6-5-9-19(20)22-21(23)18-8-4-3-7-17(18)15-11-13-16(24-2)14-12-15/h3-14H,1-2H3. The quantitative estimate of drug-likeness (QED) is 0.537. The smallest absolute Gasteiger partial charge is 0.141 e. The van der Waals surface area contributed by atoms with Crippen molar-refractivity contribution in [1.82, 2.24) is 9.55 Å². The van der Waals surface area contributed by atoms with Crippen LogP contribution in [0.15, 0.2) is 72.8 Å². The van der Waals surface area contributed by atoms with E-state index in [1.54, 1.807) is 7.11 Å². The van der Waals surface area contributed by atoms with Crippen LogP contribution in [0.5, 0.6) is 5.75 Å². The van der Waals surface area contributed by atoms with Gasteiger partial charge in [0.2, 0.25) is 0 Å². The van der Waals surface area contributed by atoms with Gasteiger partial charge in [-0.3, -0.25) is 0 Å². The van der Waals surface area contributed by atoms with Gasteiger partial charge in [-0.25, -0.2) is 4.98 Å². The number of aryl methyl sites for hydroxylation is 1. The molecule has 0 aliphatic carbocycles. The van der Waals surface area contributed by atoms with Crippen molar-refractivity contribution >= 4 is 11.0 Å². The number of ether oxygens (including phenoxy) is 1. The number of aromatic nitrogens is 2. The van der Waals surface area contributed by atoms with Gasteiger partial charge in [0.1, 0.15) is 11.6 Å². The van der Waals surface area contributed by atoms with Gasteiger partial charge in [0, 0.05) is 12.6 Å². The van der Waals surface area contributed by atoms with E-state index in [9.17, 15) is 0 Å². The van der Waals surface area contributed by atoms with Gasteiger partial charge in [0.15, 0.2) is 0 Å². The van der Waals surface area contributed by atoms with Crippen LogP contribution in [0.1, 0.15) is 0 Å². The second-order valence-electron chi connectivity index (χ2n) is 5.76. The summed E-state index contributed by atoms with van der Waals surface area (Å²) in [6, 6.07) is 24.7. The fourth-order valence-electron chi connectivity index (χ4n) is 3.09. The number of hydrogen-bond donors (Lipinski definition) is 0. The van der Waals surface area contributed by atoms with E-state index >= 15 is 0 Å². The van der Waals surface area contributed by atoms with Crippen LogP contribution in [0.4, 0.5) is 0 Å². The van der Waals surface area contributed by atoms with E-state index < -0.39 is 0 Å². The summed E-state index contributed by atoms with van der Waals surface area (Å²) >= 11 is 0. The van der Waals surface area contributed by atoms with Crippen LogP contribution in [-0.2, 0) is 7.05 Å². The molecule has 0 bridgehead atoms. The third-order valence-electron chi connectivity index (χ3n) is 4.36. The van der Waals surface area contributed by atoms with Crippen LogP contribution < -0.4 is 4.74 Å². The number of imidazole rings is 1. The largest absolute Gasteiger partial charge is 0.497 e. The van der Waals surface area contributed by atoms with Gasteiger partial charge in [-0.1, -0.05) is 48.5 Å². The molecule has 0 unspecified atom stereocenters. The molecule has 0 atom stereocenters. The molecular formula is C21H18N2O. The fourth-order valence-corrected chi connectivity index (χ4v) is 3.09. The topological polar surface area (TPSA) is 27.1 Å². The Morgan fingerprint density at radius 1 is 0.792 bits per heavy atom. The first-order valence-electron chi connectivity index (χ1n) is 7.93. The fraction of sp³-hybridized carbons (Fsp3) is 0.0952. The van der Waals surface area contributed by atoms with Crippen molar-refractivity contribution in [1.29, 1.82) is 0 Å². The molecule has 1 aromatic heterocycles. The van der Waals surface area contributed by atoms with E-state index in [1.165, 1.54) is 5.56 Å². The summed E-state index contributed by atoms with van der Waals surface area (Å²) in [5, 5.41) is 0. The van der Waals surface area contributed by atoms with Crippen molar-refractivity contribution in [3.05, 3.63) is 72.8 Å². The normalized spacial score (nSPS) is 10.9. The Morgan fingerprint density at radius 3 is 2.17 bits per heavy atom. The van der Waals surface area contributed by atoms with Gasteiger partial charge in [-0.2, -0.15) is 0 Å². The average Bonchev–Trinajstić information content (AvgIpc) is 2.99. The molecule has 3 aromatic carbocycles. The molecule has 1 heterocycles. The Morgan fingerprint density at radius 2 is 1.46 bits per heavy atom. The van der Waals surface area contributed by atoms with E-state index in [2.05, 4.69) is 60.1 Å². The lowest BCUT2D eigenvalue weighted by atomic mass is 9.99. The first kappa shape index (κ1) is 14.5. The average molecular weight is 314 g/mol. The maximum atomic E-state index is 5.26. The molecule has 0 saturated carbocycles. The molecule has 3 heteroatoms. The first-order valence-corrected chi connectivity index (χ1v) is 7.93. The lowest BCUT2D eigenvalue weighted by Gasteiger charge is -2.10. The maximum absolute atomic E-state index is 5.26. The molecule has 0 aliphatic rings. The molecule has 4 aromatic rings. The molecule has 0 N–H and O–H groups in total. The summed E-state index contributed by atoms with van der Waals surface area (Å²) < 4.78 is 7.41. The molecular weight excluding hydrogens is 296 g/mol. The highest BCUT2D eigenvalue weighted by Gasteiger charge is 2.13. The SMILES string of the molecule is COc1ccc(-c2ccccc2-c2nc3ccccc3n2C)cc1. The van der Waals surface area contributed by atoms with Gasteiger partial charge in [0.25, 0.3) is 0 Å². The third kappa shape index (κ3) is 2.35. The van der Waals surface area contributed by atoms with Gasteiger partial charge in [-0.15, -0.1) is 0 Å². The third-order valence-corrected chi connectivity index (χ3v) is 4.36. The summed E-state index contributed by atoms with van der Waals surface area (Å²) in [6.45, 7) is 0. The molecule has 24 heavy (non-hydrogen) atoms. The minimum absolute atomic E-state index is 0.860. The molecule has 0 aliphatic heterocycles. The van der Waals surface area contributed by atoms with Crippen molar-refractivity contribution in [2.24, 2.45) is 7.05 Å². The van der Waals surface area contributed by atoms with E-state index in [0.29, 0.717) is 0 Å². The Hall–Kier alpha value is -3.07. The Balaban J connectivity index is 1.90. The van der Waals surface area contributed by atoms with Crippen LogP contribution in [0.2, 0.25) is 0 Å². The predicted octanol–water partition coefficient (Wildman–Crippen LogP) is 4.92. The van der Waals surface area contributed by atoms with Crippen molar-refractivity contribution in [2.75, 3.05) is 7.11 Å². The van der Waals surface area contributed by atoms with Crippen LogP contribution in [-0.4, -0.2) is 16.7 Å². The van der Waals surface area contributed by atoms with Gasteiger partial charge in [0.05, 0.1) is 18.1 Å². The highest BCUT2D eigenvalue weighted by molar-refractivity contribution is 5.86. The predicted molar refractivity (Wildman–Crippen MR) is 98.1 cm³/mol. The summed E-state index contributed by atoms with van der Waals surface area (Å²) in [4.78, 5) is 4.84. The first-order chi connectivity index (χ1) is 11.8. The van der Waals surface area contributed by atoms with Crippen LogP contribution >= 0.6 is 0 Å². The van der Waals surface area contributed by atoms with Crippen molar-refractivity contribution in [3.63, 3.8) is 0 Å². The van der Waals surface area contributed by atoms with Crippen molar-refractivity contribution in [2.45, 2.75) is 0 Å². The number of hydrogen-bond acceptors (Lipinski definition) is 2. The number of benzene rings is 3. The zero-order valence-corrected chi connectivity index (χ0v) is 13.7. The Bertz CT molecular complexity index is 1000. The van der Waals surface area contributed by atoms with E-state index in [1.807, 2.05) is 24.3 Å². The molecule has 3 nitrogen and oxygen atoms in total. The minimum atomic E-state index is 0.860. The number of methoxy groups -OCH3 is 1. The van der Waals surface area contributed by atoms with E-state index in [0.717, 1.165) is 33.7 Å². The number of fused-ring (bicyclic) bond motifs is 1. The highest BCUT2D eigenvalue weighted by Crippen LogP contribution is 2.33. The van der Waals surface area contributed by atoms with Gasteiger partial charge < -0.3 is 9.30 Å². The zero-order valence-electron chi connectivity index (χ0n) is 13.7. The molecule has 0 saturated heterocycles. The molecule has 0 radical (unpaired) electrons. The number of nitrogens with zero attached hydrogens (tertiary/aromatic N) is 2. The molecule has 0 amide bonds. The molecule has 0 spiro atoms. The lowest BCUT2D eigenvalue weighted by molar-refractivity contribution is 0.415.